The minimum atomic E-state index is -0.0899. The lowest BCUT2D eigenvalue weighted by Crippen LogP contribution is -2.32. The van der Waals surface area contributed by atoms with Crippen LogP contribution in [0.5, 0.6) is 0 Å². The Hall–Kier alpha value is -2.64. The third-order valence-electron chi connectivity index (χ3n) is 3.22. The molecule has 118 valence electrons. The number of allylic oxidation sites excluding steroid dienone is 1. The van der Waals surface area contributed by atoms with Gasteiger partial charge < -0.3 is 24.7 Å². The van der Waals surface area contributed by atoms with Crippen molar-refractivity contribution in [2.24, 2.45) is 0 Å². The molecule has 0 fully saturated rings. The molecule has 0 bridgehead atoms. The number of furan rings is 1. The fraction of sp³-hybridized carbons (Fsp3) is 0.467. The molecule has 0 saturated heterocycles. The standard InChI is InChI=1S/C15H21N5O2/c1-11(21-4)13-5-6-14(22-13)20(3)8-7-19-15(18-2)12(9-16)10-17/h5-6,11,18-19H,7-8H2,1-4H3. The number of hydrogen-bond donors (Lipinski definition) is 2. The molecular weight excluding hydrogens is 282 g/mol. The zero-order valence-electron chi connectivity index (χ0n) is 13.3. The second kappa shape index (κ2) is 8.60. The summed E-state index contributed by atoms with van der Waals surface area (Å²) >= 11 is 0. The Bertz CT molecular complexity index is 578. The van der Waals surface area contributed by atoms with Gasteiger partial charge in [0.15, 0.2) is 11.5 Å². The van der Waals surface area contributed by atoms with Gasteiger partial charge in [-0.05, 0) is 13.0 Å². The van der Waals surface area contributed by atoms with E-state index in [1.54, 1.807) is 14.2 Å². The minimum absolute atomic E-state index is 0.0272. The summed E-state index contributed by atoms with van der Waals surface area (Å²) in [6.07, 6.45) is -0.0899. The first-order chi connectivity index (χ1) is 10.6. The monoisotopic (exact) mass is 303 g/mol. The first kappa shape index (κ1) is 17.4. The molecule has 1 unspecified atom stereocenters. The fourth-order valence-electron chi connectivity index (χ4n) is 1.78. The molecule has 7 heteroatoms. The van der Waals surface area contributed by atoms with Crippen LogP contribution >= 0.6 is 0 Å². The normalized spacial score (nSPS) is 11.0. The lowest BCUT2D eigenvalue weighted by atomic mass is 10.3. The Morgan fingerprint density at radius 1 is 1.41 bits per heavy atom. The summed E-state index contributed by atoms with van der Waals surface area (Å²) in [7, 11) is 5.19. The number of hydrogen-bond acceptors (Lipinski definition) is 7. The highest BCUT2D eigenvalue weighted by Gasteiger charge is 2.12. The molecule has 7 nitrogen and oxygen atoms in total. The van der Waals surface area contributed by atoms with Crippen LogP contribution in [0.1, 0.15) is 18.8 Å². The summed E-state index contributed by atoms with van der Waals surface area (Å²) < 4.78 is 10.9. The predicted molar refractivity (Wildman–Crippen MR) is 82.7 cm³/mol. The Morgan fingerprint density at radius 3 is 2.64 bits per heavy atom. The molecule has 0 aliphatic rings. The van der Waals surface area contributed by atoms with Crippen LogP contribution in [-0.4, -0.2) is 34.3 Å². The lowest BCUT2D eigenvalue weighted by molar-refractivity contribution is 0.1000. The molecule has 22 heavy (non-hydrogen) atoms. The average molecular weight is 303 g/mol. The fourth-order valence-corrected chi connectivity index (χ4v) is 1.78. The number of anilines is 1. The van der Waals surface area contributed by atoms with Crippen LogP contribution in [0.25, 0.3) is 0 Å². The van der Waals surface area contributed by atoms with Gasteiger partial charge >= 0.3 is 0 Å². The van der Waals surface area contributed by atoms with Crippen molar-refractivity contribution in [3.05, 3.63) is 29.3 Å². The van der Waals surface area contributed by atoms with Crippen LogP contribution in [0.3, 0.4) is 0 Å². The second-order valence-electron chi connectivity index (χ2n) is 4.63. The highest BCUT2D eigenvalue weighted by Crippen LogP contribution is 2.23. The predicted octanol–water partition coefficient (Wildman–Crippen LogP) is 1.49. The molecule has 0 aromatic carbocycles. The van der Waals surface area contributed by atoms with E-state index in [9.17, 15) is 0 Å². The van der Waals surface area contributed by atoms with E-state index >= 15 is 0 Å². The Labute approximate surface area is 130 Å². The third kappa shape index (κ3) is 4.44. The van der Waals surface area contributed by atoms with Gasteiger partial charge in [-0.2, -0.15) is 10.5 Å². The summed E-state index contributed by atoms with van der Waals surface area (Å²) in [5.74, 6) is 1.92. The van der Waals surface area contributed by atoms with Crippen LogP contribution in [0.2, 0.25) is 0 Å². The maximum Gasteiger partial charge on any atom is 0.195 e. The number of nitrogens with one attached hydrogen (secondary N) is 2. The van der Waals surface area contributed by atoms with Gasteiger partial charge in [-0.15, -0.1) is 0 Å². The largest absolute Gasteiger partial charge is 0.443 e. The van der Waals surface area contributed by atoms with E-state index in [1.807, 2.05) is 43.1 Å². The van der Waals surface area contributed by atoms with Crippen LogP contribution in [0.4, 0.5) is 5.88 Å². The lowest BCUT2D eigenvalue weighted by Gasteiger charge is -2.18. The van der Waals surface area contributed by atoms with Gasteiger partial charge in [0.1, 0.15) is 29.8 Å². The molecule has 1 aromatic rings. The van der Waals surface area contributed by atoms with Crippen LogP contribution in [-0.2, 0) is 4.74 Å². The zero-order valence-corrected chi connectivity index (χ0v) is 13.3. The third-order valence-corrected chi connectivity index (χ3v) is 3.22. The van der Waals surface area contributed by atoms with Crippen molar-refractivity contribution in [3.63, 3.8) is 0 Å². The number of methoxy groups -OCH3 is 1. The highest BCUT2D eigenvalue weighted by atomic mass is 16.5. The van der Waals surface area contributed by atoms with E-state index < -0.39 is 0 Å². The Morgan fingerprint density at radius 2 is 2.09 bits per heavy atom. The van der Waals surface area contributed by atoms with Gasteiger partial charge in [0, 0.05) is 40.4 Å². The van der Waals surface area contributed by atoms with Crippen LogP contribution in [0, 0.1) is 22.7 Å². The average Bonchev–Trinajstić information content (AvgIpc) is 3.03. The van der Waals surface area contributed by atoms with Gasteiger partial charge in [0.25, 0.3) is 0 Å². The van der Waals surface area contributed by atoms with Crippen molar-refractivity contribution in [2.45, 2.75) is 13.0 Å². The highest BCUT2D eigenvalue weighted by molar-refractivity contribution is 5.39. The molecule has 0 spiro atoms. The molecular formula is C15H21N5O2. The first-order valence-corrected chi connectivity index (χ1v) is 6.87. The molecule has 0 aliphatic carbocycles. The van der Waals surface area contributed by atoms with E-state index in [4.69, 9.17) is 19.7 Å². The summed E-state index contributed by atoms with van der Waals surface area (Å²) in [4.78, 5) is 1.94. The van der Waals surface area contributed by atoms with Gasteiger partial charge in [-0.3, -0.25) is 0 Å². The molecule has 0 radical (unpaired) electrons. The van der Waals surface area contributed by atoms with Gasteiger partial charge in [-0.1, -0.05) is 0 Å². The van der Waals surface area contributed by atoms with Crippen molar-refractivity contribution < 1.29 is 9.15 Å². The maximum atomic E-state index is 8.84. The number of nitriles is 2. The summed E-state index contributed by atoms with van der Waals surface area (Å²) in [6, 6.07) is 7.45. The van der Waals surface area contributed by atoms with E-state index in [1.165, 1.54) is 0 Å². The number of nitrogens with zero attached hydrogens (tertiary/aromatic N) is 3. The van der Waals surface area contributed by atoms with E-state index in [2.05, 4.69) is 10.6 Å². The molecule has 1 heterocycles. The number of likely N-dealkylation sites (N-methyl/N-ethyl adjacent to an activating group) is 1. The SMILES string of the molecule is CNC(NCCN(C)c1ccc(C(C)OC)o1)=C(C#N)C#N. The van der Waals surface area contributed by atoms with Crippen molar-refractivity contribution in [1.29, 1.82) is 10.5 Å². The molecule has 1 atom stereocenters. The summed E-state index contributed by atoms with van der Waals surface area (Å²) in [5.41, 5.74) is 0.0272. The number of rotatable bonds is 8. The van der Waals surface area contributed by atoms with E-state index in [0.717, 1.165) is 11.6 Å². The van der Waals surface area contributed by atoms with Gasteiger partial charge in [-0.25, -0.2) is 0 Å². The smallest absolute Gasteiger partial charge is 0.195 e. The topological polar surface area (TPSA) is 97.2 Å². The first-order valence-electron chi connectivity index (χ1n) is 6.87. The second-order valence-corrected chi connectivity index (χ2v) is 4.63. The molecule has 1 aromatic heterocycles. The molecule has 0 aliphatic heterocycles. The maximum absolute atomic E-state index is 8.84. The minimum Gasteiger partial charge on any atom is -0.443 e. The molecule has 2 N–H and O–H groups in total. The van der Waals surface area contributed by atoms with E-state index in [-0.39, 0.29) is 11.7 Å². The Kier molecular flexibility index (Phi) is 6.81. The van der Waals surface area contributed by atoms with Crippen LogP contribution < -0.4 is 15.5 Å². The van der Waals surface area contributed by atoms with Crippen molar-refractivity contribution >= 4 is 5.88 Å². The summed E-state index contributed by atoms with van der Waals surface area (Å²) in [5, 5.41) is 23.5. The van der Waals surface area contributed by atoms with Gasteiger partial charge in [0.2, 0.25) is 0 Å². The quantitative estimate of drug-likeness (QED) is 0.702. The van der Waals surface area contributed by atoms with Crippen molar-refractivity contribution in [3.8, 4) is 12.1 Å². The summed E-state index contributed by atoms with van der Waals surface area (Å²) in [6.45, 7) is 3.11. The van der Waals surface area contributed by atoms with Crippen molar-refractivity contribution in [2.75, 3.05) is 39.2 Å². The van der Waals surface area contributed by atoms with E-state index in [0.29, 0.717) is 18.9 Å². The molecule has 0 saturated carbocycles. The van der Waals surface area contributed by atoms with Crippen LogP contribution in [0.15, 0.2) is 27.9 Å². The zero-order chi connectivity index (χ0) is 16.5. The Balaban J connectivity index is 2.58. The van der Waals surface area contributed by atoms with Crippen molar-refractivity contribution in [1.82, 2.24) is 10.6 Å². The molecule has 0 amide bonds. The molecule has 1 rings (SSSR count). The number of ether oxygens (including phenoxy) is 1. The van der Waals surface area contributed by atoms with Gasteiger partial charge in [0.05, 0.1) is 0 Å².